The molecular weight excluding hydrogens is 611 g/mol. The van der Waals surface area contributed by atoms with Crippen LogP contribution in [0.5, 0.6) is 0 Å². The zero-order chi connectivity index (χ0) is 23.1. The van der Waals surface area contributed by atoms with Gasteiger partial charge in [-0.25, -0.2) is 8.78 Å². The fraction of sp³-hybridized carbons (Fsp3) is 0.188. The Morgan fingerprint density at radius 2 is 1.60 bits per heavy atom. The van der Waals surface area contributed by atoms with Gasteiger partial charge in [-0.05, 0) is 62.8 Å². The van der Waals surface area contributed by atoms with Gasteiger partial charge in [0.15, 0.2) is 5.82 Å². The van der Waals surface area contributed by atoms with Crippen molar-refractivity contribution in [3.63, 3.8) is 0 Å². The Morgan fingerprint density at radius 1 is 1.03 bits per heavy atom. The van der Waals surface area contributed by atoms with Gasteiger partial charge in [0.1, 0.15) is 0 Å². The van der Waals surface area contributed by atoms with Crippen LogP contribution in [0.25, 0.3) is 0 Å². The maximum atomic E-state index is 14.3. The molecule has 0 spiro atoms. The molecule has 0 heterocycles. The highest BCUT2D eigenvalue weighted by molar-refractivity contribution is 14.1. The highest BCUT2D eigenvalue weighted by atomic mass is 127. The van der Waals surface area contributed by atoms with E-state index in [0.29, 0.717) is 0 Å². The highest BCUT2D eigenvalue weighted by Crippen LogP contribution is 2.54. The lowest BCUT2D eigenvalue weighted by molar-refractivity contribution is -0.348. The molecule has 30 heavy (non-hydrogen) atoms. The van der Waals surface area contributed by atoms with E-state index in [-0.39, 0.29) is 17.8 Å². The Morgan fingerprint density at radius 3 is 2.07 bits per heavy atom. The summed E-state index contributed by atoms with van der Waals surface area (Å²) < 4.78 is 105. The van der Waals surface area contributed by atoms with Crippen molar-refractivity contribution < 1.29 is 45.1 Å². The van der Waals surface area contributed by atoms with E-state index in [1.54, 1.807) is 0 Å². The van der Waals surface area contributed by atoms with Crippen LogP contribution in [0.1, 0.15) is 15.9 Å². The molecule has 1 amide bonds. The predicted octanol–water partition coefficient (Wildman–Crippen LogP) is 6.54. The molecule has 14 heteroatoms. The van der Waals surface area contributed by atoms with Crippen molar-refractivity contribution in [2.24, 2.45) is 0 Å². The maximum Gasteiger partial charge on any atom is 0.435 e. The number of amides is 1. The molecule has 0 saturated carbocycles. The van der Waals surface area contributed by atoms with Gasteiger partial charge in [0.25, 0.3) is 5.91 Å². The topological polar surface area (TPSA) is 61.4 Å². The monoisotopic (exact) mass is 618 g/mol. The van der Waals surface area contributed by atoms with Gasteiger partial charge in [0, 0.05) is 13.6 Å². The molecule has 0 unspecified atom stereocenters. The third-order valence-corrected chi connectivity index (χ3v) is 5.30. The molecule has 0 aliphatic carbocycles. The fourth-order valence-electron chi connectivity index (χ4n) is 2.35. The van der Waals surface area contributed by atoms with Crippen molar-refractivity contribution in [2.45, 2.75) is 18.0 Å². The summed E-state index contributed by atoms with van der Waals surface area (Å²) in [5.74, 6) is -2.30. The van der Waals surface area contributed by atoms with Gasteiger partial charge in [-0.2, -0.15) is 26.3 Å². The van der Waals surface area contributed by atoms with Crippen molar-refractivity contribution in [1.82, 2.24) is 0 Å². The lowest BCUT2D eigenvalue weighted by atomic mass is 9.94. The SMILES string of the molecule is O=C(Nc1c(Br)cc(C(F)(C(F)(F)F)C(F)(F)F)cc1I)c1cccc(NO)c1F. The van der Waals surface area contributed by atoms with E-state index in [9.17, 15) is 39.9 Å². The summed E-state index contributed by atoms with van der Waals surface area (Å²) >= 11 is 4.00. The Balaban J connectivity index is 2.51. The zero-order valence-electron chi connectivity index (χ0n) is 14.0. The minimum Gasteiger partial charge on any atom is -0.320 e. The van der Waals surface area contributed by atoms with Crippen LogP contribution in [-0.4, -0.2) is 23.5 Å². The van der Waals surface area contributed by atoms with E-state index in [1.807, 2.05) is 0 Å². The normalized spacial score (nSPS) is 12.6. The Hall–Kier alpha value is -1.68. The van der Waals surface area contributed by atoms with Gasteiger partial charge in [0.05, 0.1) is 16.9 Å². The standard InChI is InChI=1S/C16H8BrF8IN2O2/c17-8-4-6(14(19,15(20,21)22)16(23,24)25)5-9(26)12(8)27-13(29)7-2-1-3-10(28-30)11(7)18/h1-5,28,30H,(H,27,29). The van der Waals surface area contributed by atoms with Crippen LogP contribution in [0, 0.1) is 9.39 Å². The number of nitrogens with one attached hydrogen (secondary N) is 2. The van der Waals surface area contributed by atoms with Gasteiger partial charge in [0.2, 0.25) is 0 Å². The number of carbonyl (C=O) groups is 1. The molecule has 0 saturated heterocycles. The maximum absolute atomic E-state index is 14.3. The van der Waals surface area contributed by atoms with E-state index in [4.69, 9.17) is 5.21 Å². The van der Waals surface area contributed by atoms with Gasteiger partial charge in [-0.1, -0.05) is 6.07 Å². The second-order valence-corrected chi connectivity index (χ2v) is 7.72. The molecule has 0 aliphatic heterocycles. The first kappa shape index (κ1) is 24.6. The minimum absolute atomic E-state index is 0.223. The second kappa shape index (κ2) is 8.45. The van der Waals surface area contributed by atoms with Crippen LogP contribution < -0.4 is 10.8 Å². The smallest absolute Gasteiger partial charge is 0.320 e. The first-order valence-electron chi connectivity index (χ1n) is 7.47. The lowest BCUT2D eigenvalue weighted by Gasteiger charge is -2.31. The van der Waals surface area contributed by atoms with E-state index in [2.05, 4.69) is 21.2 Å². The number of anilines is 2. The van der Waals surface area contributed by atoms with Crippen molar-refractivity contribution in [3.8, 4) is 0 Å². The Bertz CT molecular complexity index is 944. The molecule has 0 fully saturated rings. The summed E-state index contributed by atoms with van der Waals surface area (Å²) in [7, 11) is 0. The number of rotatable bonds is 4. The van der Waals surface area contributed by atoms with Crippen LogP contribution in [0.15, 0.2) is 34.8 Å². The third kappa shape index (κ3) is 4.34. The summed E-state index contributed by atoms with van der Waals surface area (Å²) in [5, 5.41) is 10.9. The molecule has 0 radical (unpaired) electrons. The summed E-state index contributed by atoms with van der Waals surface area (Å²) in [6, 6.07) is 3.80. The molecular formula is C16H8BrF8IN2O2. The molecule has 0 aromatic heterocycles. The molecule has 2 aromatic carbocycles. The Kier molecular flexibility index (Phi) is 6.93. The van der Waals surface area contributed by atoms with E-state index in [0.717, 1.165) is 12.1 Å². The molecule has 164 valence electrons. The van der Waals surface area contributed by atoms with Gasteiger partial charge >= 0.3 is 18.0 Å². The number of benzene rings is 2. The van der Waals surface area contributed by atoms with Gasteiger partial charge in [-0.3, -0.25) is 15.5 Å². The molecule has 4 nitrogen and oxygen atoms in total. The largest absolute Gasteiger partial charge is 0.435 e. The van der Waals surface area contributed by atoms with Crippen molar-refractivity contribution >= 4 is 55.8 Å². The van der Waals surface area contributed by atoms with Crippen LogP contribution in [0.3, 0.4) is 0 Å². The highest BCUT2D eigenvalue weighted by Gasteiger charge is 2.73. The molecule has 0 bridgehead atoms. The van der Waals surface area contributed by atoms with Gasteiger partial charge < -0.3 is 5.32 Å². The summed E-state index contributed by atoms with van der Waals surface area (Å²) in [6.07, 6.45) is -12.6. The third-order valence-electron chi connectivity index (χ3n) is 3.82. The summed E-state index contributed by atoms with van der Waals surface area (Å²) in [5.41, 5.74) is -7.27. The average molecular weight is 619 g/mol. The Labute approximate surface area is 184 Å². The first-order valence-corrected chi connectivity index (χ1v) is 9.34. The van der Waals surface area contributed by atoms with E-state index < -0.39 is 54.6 Å². The summed E-state index contributed by atoms with van der Waals surface area (Å²) in [4.78, 5) is 12.3. The molecule has 3 N–H and O–H groups in total. The zero-order valence-corrected chi connectivity index (χ0v) is 17.8. The average Bonchev–Trinajstić information content (AvgIpc) is 2.61. The van der Waals surface area contributed by atoms with Crippen LogP contribution in [0.2, 0.25) is 0 Å². The van der Waals surface area contributed by atoms with E-state index >= 15 is 0 Å². The first-order chi connectivity index (χ1) is 13.6. The van der Waals surface area contributed by atoms with Crippen molar-refractivity contribution in [1.29, 1.82) is 0 Å². The predicted molar refractivity (Wildman–Crippen MR) is 102 cm³/mol. The second-order valence-electron chi connectivity index (χ2n) is 5.70. The number of alkyl halides is 7. The molecule has 2 rings (SSSR count). The van der Waals surface area contributed by atoms with Crippen molar-refractivity contribution in [2.75, 3.05) is 10.8 Å². The summed E-state index contributed by atoms with van der Waals surface area (Å²) in [6.45, 7) is 0. The van der Waals surface area contributed by atoms with E-state index in [1.165, 1.54) is 34.1 Å². The van der Waals surface area contributed by atoms with Gasteiger partial charge in [-0.15, -0.1) is 0 Å². The fourth-order valence-corrected chi connectivity index (χ4v) is 4.04. The van der Waals surface area contributed by atoms with Crippen LogP contribution in [-0.2, 0) is 5.67 Å². The molecule has 2 aromatic rings. The van der Waals surface area contributed by atoms with Crippen LogP contribution >= 0.6 is 38.5 Å². The molecule has 0 aliphatic rings. The number of carbonyl (C=O) groups excluding carboxylic acids is 1. The number of halogens is 10. The molecule has 0 atom stereocenters. The van der Waals surface area contributed by atoms with Crippen molar-refractivity contribution in [3.05, 3.63) is 55.3 Å². The minimum atomic E-state index is -6.31. The number of hydrogen-bond acceptors (Lipinski definition) is 3. The van der Waals surface area contributed by atoms with Crippen LogP contribution in [0.4, 0.5) is 46.5 Å². The quantitative estimate of drug-likeness (QED) is 0.207. The lowest BCUT2D eigenvalue weighted by Crippen LogP contribution is -2.50. The number of hydrogen-bond donors (Lipinski definition) is 3.